The lowest BCUT2D eigenvalue weighted by molar-refractivity contribution is -0.134. The van der Waals surface area contributed by atoms with Crippen LogP contribution in [0.2, 0.25) is 0 Å². The summed E-state index contributed by atoms with van der Waals surface area (Å²) in [4.78, 5) is 34.8. The van der Waals surface area contributed by atoms with Gasteiger partial charge in [0, 0.05) is 43.5 Å². The zero-order valence-electron chi connectivity index (χ0n) is 15.2. The van der Waals surface area contributed by atoms with Crippen LogP contribution in [0.25, 0.3) is 0 Å². The highest BCUT2D eigenvalue weighted by molar-refractivity contribution is 5.76. The third-order valence-electron chi connectivity index (χ3n) is 4.56. The average molecular weight is 356 g/mol. The number of hydrogen-bond acceptors (Lipinski definition) is 5. The Balaban J connectivity index is 1.78. The molecule has 0 bridgehead atoms. The maximum Gasteiger partial charge on any atom is 0.348 e. The Hall–Kier alpha value is -2.54. The standard InChI is InChI=1S/C19H24N4O3/c1-14-10-15(2)23(19(25)21-14)13-18(24)22(12-17-4-3-9-26-17)11-16-5-7-20-8-6-16/h5-8,10,17H,3-4,9,11-13H2,1-2H3. The fourth-order valence-corrected chi connectivity index (χ4v) is 3.20. The second-order valence-corrected chi connectivity index (χ2v) is 6.67. The summed E-state index contributed by atoms with van der Waals surface area (Å²) in [7, 11) is 0. The molecule has 1 aliphatic rings. The van der Waals surface area contributed by atoms with Gasteiger partial charge in [-0.2, -0.15) is 4.98 Å². The number of aryl methyl sites for hydroxylation is 2. The molecule has 7 heteroatoms. The molecule has 1 fully saturated rings. The minimum absolute atomic E-state index is 0.0181. The molecule has 1 aliphatic heterocycles. The number of hydrogen-bond donors (Lipinski definition) is 0. The molecule has 1 unspecified atom stereocenters. The zero-order valence-corrected chi connectivity index (χ0v) is 15.2. The molecule has 2 aromatic rings. The van der Waals surface area contributed by atoms with Crippen molar-refractivity contribution in [3.63, 3.8) is 0 Å². The van der Waals surface area contributed by atoms with E-state index in [9.17, 15) is 9.59 Å². The maximum atomic E-state index is 13.0. The van der Waals surface area contributed by atoms with Gasteiger partial charge in [-0.1, -0.05) is 0 Å². The normalized spacial score (nSPS) is 16.6. The van der Waals surface area contributed by atoms with E-state index in [0.29, 0.717) is 18.8 Å². The summed E-state index contributed by atoms with van der Waals surface area (Å²) in [5, 5.41) is 0. The number of amides is 1. The van der Waals surface area contributed by atoms with Gasteiger partial charge in [-0.15, -0.1) is 0 Å². The largest absolute Gasteiger partial charge is 0.376 e. The van der Waals surface area contributed by atoms with Gasteiger partial charge >= 0.3 is 5.69 Å². The molecule has 1 atom stereocenters. The number of nitrogens with zero attached hydrogens (tertiary/aromatic N) is 4. The van der Waals surface area contributed by atoms with Crippen LogP contribution in [0.4, 0.5) is 0 Å². The van der Waals surface area contributed by atoms with Crippen LogP contribution in [0.5, 0.6) is 0 Å². The first-order chi connectivity index (χ1) is 12.5. The van der Waals surface area contributed by atoms with Crippen LogP contribution in [-0.2, 0) is 22.6 Å². The number of rotatable bonds is 6. The van der Waals surface area contributed by atoms with Crippen LogP contribution in [0.15, 0.2) is 35.4 Å². The predicted molar refractivity (Wildman–Crippen MR) is 96.6 cm³/mol. The van der Waals surface area contributed by atoms with E-state index in [4.69, 9.17) is 4.74 Å². The lowest BCUT2D eigenvalue weighted by Gasteiger charge is -2.26. The van der Waals surface area contributed by atoms with Gasteiger partial charge in [0.25, 0.3) is 0 Å². The summed E-state index contributed by atoms with van der Waals surface area (Å²) in [5.41, 5.74) is 2.00. The van der Waals surface area contributed by atoms with Crippen molar-refractivity contribution in [2.75, 3.05) is 13.2 Å². The molecule has 1 saturated heterocycles. The Morgan fingerprint density at radius 3 is 2.77 bits per heavy atom. The Bertz CT molecular complexity index is 813. The number of carbonyl (C=O) groups is 1. The molecule has 0 aromatic carbocycles. The van der Waals surface area contributed by atoms with Gasteiger partial charge in [0.1, 0.15) is 6.54 Å². The molecule has 0 spiro atoms. The minimum Gasteiger partial charge on any atom is -0.376 e. The molecule has 2 aromatic heterocycles. The Morgan fingerprint density at radius 1 is 1.35 bits per heavy atom. The maximum absolute atomic E-state index is 13.0. The molecule has 3 rings (SSSR count). The van der Waals surface area contributed by atoms with Crippen LogP contribution < -0.4 is 5.69 Å². The second-order valence-electron chi connectivity index (χ2n) is 6.67. The van der Waals surface area contributed by atoms with Crippen LogP contribution >= 0.6 is 0 Å². The quantitative estimate of drug-likeness (QED) is 0.783. The smallest absolute Gasteiger partial charge is 0.348 e. The van der Waals surface area contributed by atoms with E-state index in [2.05, 4.69) is 9.97 Å². The van der Waals surface area contributed by atoms with E-state index in [1.807, 2.05) is 25.1 Å². The van der Waals surface area contributed by atoms with E-state index >= 15 is 0 Å². The van der Waals surface area contributed by atoms with Crippen molar-refractivity contribution >= 4 is 5.91 Å². The Labute approximate surface area is 152 Å². The first-order valence-corrected chi connectivity index (χ1v) is 8.86. The van der Waals surface area contributed by atoms with Crippen molar-refractivity contribution in [2.24, 2.45) is 0 Å². The summed E-state index contributed by atoms with van der Waals surface area (Å²) in [6.45, 7) is 5.30. The predicted octanol–water partition coefficient (Wildman–Crippen LogP) is 1.46. The number of carbonyl (C=O) groups excluding carboxylic acids is 1. The molecule has 0 saturated carbocycles. The first kappa shape index (κ1) is 18.3. The van der Waals surface area contributed by atoms with Gasteiger partial charge in [0.15, 0.2) is 0 Å². The minimum atomic E-state index is -0.392. The van der Waals surface area contributed by atoms with Crippen molar-refractivity contribution < 1.29 is 9.53 Å². The molecule has 7 nitrogen and oxygen atoms in total. The van der Waals surface area contributed by atoms with Gasteiger partial charge < -0.3 is 9.64 Å². The summed E-state index contributed by atoms with van der Waals surface area (Å²) in [6.07, 6.45) is 5.44. The molecule has 3 heterocycles. The molecule has 0 radical (unpaired) electrons. The van der Waals surface area contributed by atoms with Crippen molar-refractivity contribution in [3.05, 3.63) is 58.0 Å². The topological polar surface area (TPSA) is 77.3 Å². The molecular formula is C19H24N4O3. The highest BCUT2D eigenvalue weighted by Crippen LogP contribution is 2.15. The first-order valence-electron chi connectivity index (χ1n) is 8.86. The second kappa shape index (κ2) is 8.23. The fourth-order valence-electron chi connectivity index (χ4n) is 3.20. The average Bonchev–Trinajstić information content (AvgIpc) is 3.11. The van der Waals surface area contributed by atoms with Crippen molar-refractivity contribution in [1.29, 1.82) is 0 Å². The van der Waals surface area contributed by atoms with Gasteiger partial charge in [0.2, 0.25) is 5.91 Å². The molecule has 1 amide bonds. The van der Waals surface area contributed by atoms with Gasteiger partial charge in [-0.3, -0.25) is 14.3 Å². The SMILES string of the molecule is Cc1cc(C)n(CC(=O)N(Cc2ccncc2)CC2CCCO2)c(=O)n1. The van der Waals surface area contributed by atoms with Crippen molar-refractivity contribution in [3.8, 4) is 0 Å². The summed E-state index contributed by atoms with van der Waals surface area (Å²) in [5.74, 6) is -0.117. The van der Waals surface area contributed by atoms with Crippen LogP contribution in [0.3, 0.4) is 0 Å². The fraction of sp³-hybridized carbons (Fsp3) is 0.474. The van der Waals surface area contributed by atoms with Gasteiger partial charge in [-0.05, 0) is 50.5 Å². The number of aromatic nitrogens is 3. The van der Waals surface area contributed by atoms with E-state index in [0.717, 1.165) is 30.7 Å². The van der Waals surface area contributed by atoms with E-state index in [1.165, 1.54) is 4.57 Å². The van der Waals surface area contributed by atoms with Gasteiger partial charge in [-0.25, -0.2) is 4.79 Å². The monoisotopic (exact) mass is 356 g/mol. The zero-order chi connectivity index (χ0) is 18.5. The molecule has 138 valence electrons. The highest BCUT2D eigenvalue weighted by atomic mass is 16.5. The third-order valence-corrected chi connectivity index (χ3v) is 4.56. The summed E-state index contributed by atoms with van der Waals surface area (Å²) in [6, 6.07) is 5.59. The van der Waals surface area contributed by atoms with E-state index < -0.39 is 5.69 Å². The van der Waals surface area contributed by atoms with E-state index in [1.54, 1.807) is 24.2 Å². The van der Waals surface area contributed by atoms with Crippen LogP contribution in [-0.4, -0.2) is 44.6 Å². The molecular weight excluding hydrogens is 332 g/mol. The summed E-state index contributed by atoms with van der Waals surface area (Å²) < 4.78 is 7.12. The molecule has 0 N–H and O–H groups in total. The number of pyridine rings is 1. The van der Waals surface area contributed by atoms with Crippen molar-refractivity contribution in [2.45, 2.75) is 45.9 Å². The van der Waals surface area contributed by atoms with Crippen LogP contribution in [0.1, 0.15) is 29.8 Å². The molecule has 0 aliphatic carbocycles. The lowest BCUT2D eigenvalue weighted by Crippen LogP contribution is -2.41. The summed E-state index contributed by atoms with van der Waals surface area (Å²) >= 11 is 0. The lowest BCUT2D eigenvalue weighted by atomic mass is 10.2. The van der Waals surface area contributed by atoms with E-state index in [-0.39, 0.29) is 18.6 Å². The highest BCUT2D eigenvalue weighted by Gasteiger charge is 2.23. The Morgan fingerprint density at radius 2 is 2.12 bits per heavy atom. The van der Waals surface area contributed by atoms with Crippen LogP contribution in [0, 0.1) is 13.8 Å². The van der Waals surface area contributed by atoms with Gasteiger partial charge in [0.05, 0.1) is 6.10 Å². The third kappa shape index (κ3) is 4.54. The van der Waals surface area contributed by atoms with Crippen molar-refractivity contribution in [1.82, 2.24) is 19.4 Å². The Kier molecular flexibility index (Phi) is 5.78. The number of ether oxygens (including phenoxy) is 1. The molecule has 26 heavy (non-hydrogen) atoms.